The number of hydrogen-bond donors (Lipinski definition) is 1. The number of nitrogens with one attached hydrogen (secondary N) is 1. The van der Waals surface area contributed by atoms with E-state index in [1.54, 1.807) is 18.4 Å². The normalized spacial score (nSPS) is 10.8. The van der Waals surface area contributed by atoms with Gasteiger partial charge in [0, 0.05) is 6.54 Å². The second-order valence-electron chi connectivity index (χ2n) is 3.90. The van der Waals surface area contributed by atoms with Gasteiger partial charge in [0.1, 0.15) is 12.1 Å². The van der Waals surface area contributed by atoms with Gasteiger partial charge in [-0.05, 0) is 42.9 Å². The summed E-state index contributed by atoms with van der Waals surface area (Å²) in [7, 11) is 0. The molecule has 0 spiro atoms. The minimum Gasteiger partial charge on any atom is -0.439 e. The molecule has 0 saturated heterocycles. The largest absolute Gasteiger partial charge is 0.439 e. The van der Waals surface area contributed by atoms with Gasteiger partial charge < -0.3 is 9.73 Å². The molecule has 1 heterocycles. The summed E-state index contributed by atoms with van der Waals surface area (Å²) in [6.45, 7) is 5.40. The number of halogens is 1. The van der Waals surface area contributed by atoms with E-state index in [0.29, 0.717) is 16.7 Å². The molecule has 1 N–H and O–H groups in total. The van der Waals surface area contributed by atoms with Crippen molar-refractivity contribution in [2.24, 2.45) is 0 Å². The van der Waals surface area contributed by atoms with Crippen molar-refractivity contribution < 1.29 is 8.81 Å². The van der Waals surface area contributed by atoms with Crippen LogP contribution in [0, 0.1) is 12.7 Å². The van der Waals surface area contributed by atoms with Gasteiger partial charge in [0.2, 0.25) is 0 Å². The van der Waals surface area contributed by atoms with Gasteiger partial charge in [0.05, 0.1) is 10.6 Å². The molecule has 2 aromatic rings. The lowest BCUT2D eigenvalue weighted by atomic mass is 10.2. The van der Waals surface area contributed by atoms with Crippen LogP contribution in [0.3, 0.4) is 0 Å². The molecule has 0 aliphatic carbocycles. The first kappa shape index (κ1) is 13.1. The topological polar surface area (TPSA) is 38.1 Å². The van der Waals surface area contributed by atoms with Gasteiger partial charge in [-0.2, -0.15) is 0 Å². The van der Waals surface area contributed by atoms with Gasteiger partial charge >= 0.3 is 0 Å². The third-order valence-corrected chi connectivity index (χ3v) is 3.28. The Morgan fingerprint density at radius 3 is 2.89 bits per heavy atom. The Hall–Kier alpha value is -1.33. The van der Waals surface area contributed by atoms with Crippen molar-refractivity contribution in [3.05, 3.63) is 41.5 Å². The van der Waals surface area contributed by atoms with Crippen LogP contribution in [0.4, 0.5) is 4.39 Å². The monoisotopic (exact) mass is 266 g/mol. The molecule has 0 saturated carbocycles. The summed E-state index contributed by atoms with van der Waals surface area (Å²) in [5.74, 6) is -0.244. The van der Waals surface area contributed by atoms with E-state index in [-0.39, 0.29) is 5.82 Å². The van der Waals surface area contributed by atoms with E-state index in [0.717, 1.165) is 17.8 Å². The van der Waals surface area contributed by atoms with Crippen molar-refractivity contribution >= 4 is 11.8 Å². The molecule has 2 rings (SSSR count). The number of rotatable bonds is 5. The van der Waals surface area contributed by atoms with Gasteiger partial charge in [-0.1, -0.05) is 13.0 Å². The van der Waals surface area contributed by atoms with Crippen LogP contribution in [0.25, 0.3) is 0 Å². The smallest absolute Gasteiger partial charge is 0.260 e. The highest BCUT2D eigenvalue weighted by atomic mass is 32.2. The van der Waals surface area contributed by atoms with Gasteiger partial charge in [0.15, 0.2) is 0 Å². The van der Waals surface area contributed by atoms with Crippen LogP contribution in [0.5, 0.6) is 0 Å². The van der Waals surface area contributed by atoms with Gasteiger partial charge in [0.25, 0.3) is 5.22 Å². The first-order valence-corrected chi connectivity index (χ1v) is 6.60. The van der Waals surface area contributed by atoms with Crippen LogP contribution in [-0.2, 0) is 6.54 Å². The molecule has 0 amide bonds. The van der Waals surface area contributed by atoms with Crippen molar-refractivity contribution in [3.8, 4) is 0 Å². The second-order valence-corrected chi connectivity index (χ2v) is 4.90. The van der Waals surface area contributed by atoms with E-state index in [1.807, 2.05) is 19.9 Å². The fourth-order valence-corrected chi connectivity index (χ4v) is 2.25. The third-order valence-electron chi connectivity index (χ3n) is 2.37. The number of benzene rings is 1. The van der Waals surface area contributed by atoms with Crippen molar-refractivity contribution in [2.45, 2.75) is 30.5 Å². The molecule has 0 bridgehead atoms. The number of nitrogens with zero attached hydrogens (tertiary/aromatic N) is 1. The van der Waals surface area contributed by atoms with E-state index in [4.69, 9.17) is 4.42 Å². The Labute approximate surface area is 110 Å². The van der Waals surface area contributed by atoms with E-state index in [1.165, 1.54) is 11.8 Å². The zero-order chi connectivity index (χ0) is 13.0. The maximum Gasteiger partial charge on any atom is 0.260 e. The van der Waals surface area contributed by atoms with Gasteiger partial charge in [-0.3, -0.25) is 0 Å². The minimum atomic E-state index is -0.244. The highest BCUT2D eigenvalue weighted by Gasteiger charge is 2.09. The second kappa shape index (κ2) is 6.02. The van der Waals surface area contributed by atoms with Gasteiger partial charge in [-0.15, -0.1) is 0 Å². The van der Waals surface area contributed by atoms with Crippen LogP contribution in [0.15, 0.2) is 39.0 Å². The Morgan fingerprint density at radius 2 is 2.28 bits per heavy atom. The summed E-state index contributed by atoms with van der Waals surface area (Å²) in [4.78, 5) is 4.66. The lowest BCUT2D eigenvalue weighted by molar-refractivity contribution is 0.453. The van der Waals surface area contributed by atoms with Crippen LogP contribution in [-0.4, -0.2) is 11.5 Å². The molecule has 96 valence electrons. The highest BCUT2D eigenvalue weighted by Crippen LogP contribution is 2.29. The lowest BCUT2D eigenvalue weighted by Gasteiger charge is -2.04. The maximum absolute atomic E-state index is 13.9. The zero-order valence-electron chi connectivity index (χ0n) is 10.4. The molecule has 5 heteroatoms. The van der Waals surface area contributed by atoms with E-state index >= 15 is 0 Å². The van der Waals surface area contributed by atoms with E-state index < -0.39 is 0 Å². The SMILES string of the molecule is CCNCc1ccc(Sc2nc(C)co2)c(F)c1. The molecule has 1 aromatic carbocycles. The van der Waals surface area contributed by atoms with E-state index in [9.17, 15) is 4.39 Å². The van der Waals surface area contributed by atoms with Crippen molar-refractivity contribution in [1.29, 1.82) is 0 Å². The molecule has 0 fully saturated rings. The van der Waals surface area contributed by atoms with Crippen molar-refractivity contribution in [3.63, 3.8) is 0 Å². The standard InChI is InChI=1S/C13H15FN2OS/c1-3-15-7-10-4-5-12(11(14)6-10)18-13-16-9(2)8-17-13/h4-6,8,15H,3,7H2,1-2H3. The number of aromatic nitrogens is 1. The molecule has 1 aromatic heterocycles. The van der Waals surface area contributed by atoms with Crippen molar-refractivity contribution in [2.75, 3.05) is 6.54 Å². The van der Waals surface area contributed by atoms with Crippen LogP contribution in [0.1, 0.15) is 18.2 Å². The van der Waals surface area contributed by atoms with Crippen LogP contribution < -0.4 is 5.32 Å². The molecule has 0 atom stereocenters. The fraction of sp³-hybridized carbons (Fsp3) is 0.308. The maximum atomic E-state index is 13.9. The fourth-order valence-electron chi connectivity index (χ4n) is 1.48. The van der Waals surface area contributed by atoms with Crippen LogP contribution >= 0.6 is 11.8 Å². The molecular formula is C13H15FN2OS. The summed E-state index contributed by atoms with van der Waals surface area (Å²) in [6, 6.07) is 5.21. The summed E-state index contributed by atoms with van der Waals surface area (Å²) < 4.78 is 19.0. The Kier molecular flexibility index (Phi) is 4.38. The first-order chi connectivity index (χ1) is 8.69. The Balaban J connectivity index is 2.09. The molecule has 0 radical (unpaired) electrons. The number of oxazole rings is 1. The summed E-state index contributed by atoms with van der Waals surface area (Å²) in [6.07, 6.45) is 1.56. The van der Waals surface area contributed by atoms with Crippen LogP contribution in [0.2, 0.25) is 0 Å². The minimum absolute atomic E-state index is 0.244. The van der Waals surface area contributed by atoms with E-state index in [2.05, 4.69) is 10.3 Å². The Morgan fingerprint density at radius 1 is 1.44 bits per heavy atom. The quantitative estimate of drug-likeness (QED) is 0.900. The molecule has 0 aliphatic rings. The highest BCUT2D eigenvalue weighted by molar-refractivity contribution is 7.99. The number of aryl methyl sites for hydroxylation is 1. The number of hydrogen-bond acceptors (Lipinski definition) is 4. The predicted octanol–water partition coefficient (Wildman–Crippen LogP) is 3.38. The van der Waals surface area contributed by atoms with Crippen molar-refractivity contribution in [1.82, 2.24) is 10.3 Å². The molecule has 0 aliphatic heterocycles. The zero-order valence-corrected chi connectivity index (χ0v) is 11.2. The average Bonchev–Trinajstić information content (AvgIpc) is 2.75. The molecule has 0 unspecified atom stereocenters. The molecule has 3 nitrogen and oxygen atoms in total. The summed E-state index contributed by atoms with van der Waals surface area (Å²) in [5, 5.41) is 3.62. The Bertz CT molecular complexity index is 527. The lowest BCUT2D eigenvalue weighted by Crippen LogP contribution is -2.11. The average molecular weight is 266 g/mol. The summed E-state index contributed by atoms with van der Waals surface area (Å²) in [5.41, 5.74) is 1.73. The molecular weight excluding hydrogens is 251 g/mol. The molecule has 18 heavy (non-hydrogen) atoms. The van der Waals surface area contributed by atoms with Gasteiger partial charge in [-0.25, -0.2) is 9.37 Å². The third kappa shape index (κ3) is 3.34. The predicted molar refractivity (Wildman–Crippen MR) is 69.1 cm³/mol. The first-order valence-electron chi connectivity index (χ1n) is 5.78. The summed E-state index contributed by atoms with van der Waals surface area (Å²) >= 11 is 1.19.